The third kappa shape index (κ3) is 2.49. The van der Waals surface area contributed by atoms with Gasteiger partial charge in [-0.05, 0) is 55.1 Å². The van der Waals surface area contributed by atoms with Crippen LogP contribution in [0, 0.1) is 6.92 Å². The molecule has 4 heteroatoms. The van der Waals surface area contributed by atoms with Crippen LogP contribution in [0.2, 0.25) is 0 Å². The normalized spacial score (nSPS) is 18.2. The van der Waals surface area contributed by atoms with Gasteiger partial charge in [0.15, 0.2) is 6.10 Å². The molecule has 0 saturated carbocycles. The SMILES string of the molecule is Cc1cc2c(c3ccc(Br)cc13)OC(C(=O)C(C)O)C=C2. The summed E-state index contributed by atoms with van der Waals surface area (Å²) in [6, 6.07) is 8.02. The average molecular weight is 347 g/mol. The van der Waals surface area contributed by atoms with Crippen molar-refractivity contribution in [1.82, 2.24) is 0 Å². The molecule has 0 radical (unpaired) electrons. The fourth-order valence-corrected chi connectivity index (χ4v) is 2.94. The topological polar surface area (TPSA) is 46.5 Å². The van der Waals surface area contributed by atoms with Crippen molar-refractivity contribution in [3.63, 3.8) is 0 Å². The lowest BCUT2D eigenvalue weighted by molar-refractivity contribution is -0.131. The molecule has 2 unspecified atom stereocenters. The Kier molecular flexibility index (Phi) is 3.59. The summed E-state index contributed by atoms with van der Waals surface area (Å²) >= 11 is 3.47. The van der Waals surface area contributed by atoms with Gasteiger partial charge in [0.05, 0.1) is 0 Å². The van der Waals surface area contributed by atoms with E-state index in [-0.39, 0.29) is 5.78 Å². The largest absolute Gasteiger partial charge is 0.477 e. The highest BCUT2D eigenvalue weighted by molar-refractivity contribution is 9.10. The number of aliphatic hydroxyl groups excluding tert-OH is 1. The van der Waals surface area contributed by atoms with Gasteiger partial charge in [-0.25, -0.2) is 0 Å². The second kappa shape index (κ2) is 5.28. The van der Waals surface area contributed by atoms with Gasteiger partial charge >= 0.3 is 0 Å². The number of fused-ring (bicyclic) bond motifs is 3. The van der Waals surface area contributed by atoms with Crippen LogP contribution in [0.25, 0.3) is 16.8 Å². The zero-order valence-corrected chi connectivity index (χ0v) is 13.3. The van der Waals surface area contributed by atoms with E-state index in [1.54, 1.807) is 6.08 Å². The molecule has 1 N–H and O–H groups in total. The van der Waals surface area contributed by atoms with Gasteiger partial charge in [-0.1, -0.05) is 22.0 Å². The molecular formula is C17H15BrO3. The summed E-state index contributed by atoms with van der Waals surface area (Å²) in [5, 5.41) is 11.5. The van der Waals surface area contributed by atoms with Gasteiger partial charge in [-0.15, -0.1) is 0 Å². The molecule has 3 rings (SSSR count). The van der Waals surface area contributed by atoms with Crippen LogP contribution in [0.1, 0.15) is 18.1 Å². The van der Waals surface area contributed by atoms with Crippen LogP contribution in [0.3, 0.4) is 0 Å². The summed E-state index contributed by atoms with van der Waals surface area (Å²) in [6.07, 6.45) is 1.82. The molecule has 1 aliphatic rings. The number of hydrogen-bond acceptors (Lipinski definition) is 3. The summed E-state index contributed by atoms with van der Waals surface area (Å²) in [5.41, 5.74) is 2.11. The molecule has 0 spiro atoms. The Morgan fingerprint density at radius 3 is 2.81 bits per heavy atom. The number of aryl methyl sites for hydroxylation is 1. The number of aliphatic hydroxyl groups is 1. The number of benzene rings is 2. The van der Waals surface area contributed by atoms with Gasteiger partial charge in [0.1, 0.15) is 11.9 Å². The number of carbonyl (C=O) groups excluding carboxylic acids is 1. The van der Waals surface area contributed by atoms with Crippen molar-refractivity contribution in [1.29, 1.82) is 0 Å². The van der Waals surface area contributed by atoms with Crippen LogP contribution < -0.4 is 4.74 Å². The smallest absolute Gasteiger partial charge is 0.205 e. The van der Waals surface area contributed by atoms with Crippen molar-refractivity contribution in [2.75, 3.05) is 0 Å². The minimum absolute atomic E-state index is 0.331. The van der Waals surface area contributed by atoms with Crippen molar-refractivity contribution < 1.29 is 14.6 Å². The van der Waals surface area contributed by atoms with E-state index < -0.39 is 12.2 Å². The summed E-state index contributed by atoms with van der Waals surface area (Å²) in [7, 11) is 0. The molecule has 2 aromatic rings. The predicted octanol–water partition coefficient (Wildman–Crippen LogP) is 3.63. The molecule has 1 heterocycles. The Morgan fingerprint density at radius 2 is 2.10 bits per heavy atom. The Labute approximate surface area is 131 Å². The summed E-state index contributed by atoms with van der Waals surface area (Å²) in [4.78, 5) is 11.9. The Morgan fingerprint density at radius 1 is 1.33 bits per heavy atom. The van der Waals surface area contributed by atoms with Gasteiger partial charge in [-0.3, -0.25) is 4.79 Å². The van der Waals surface area contributed by atoms with E-state index >= 15 is 0 Å². The van der Waals surface area contributed by atoms with Crippen molar-refractivity contribution in [2.24, 2.45) is 0 Å². The molecule has 0 amide bonds. The number of ether oxygens (including phenoxy) is 1. The number of hydrogen-bond donors (Lipinski definition) is 1. The first-order chi connectivity index (χ1) is 9.97. The second-order valence-corrected chi connectivity index (χ2v) is 6.19. The number of rotatable bonds is 2. The van der Waals surface area contributed by atoms with Gasteiger partial charge in [0, 0.05) is 15.4 Å². The number of Topliss-reactive ketones (excluding diaryl/α,β-unsaturated/α-hetero) is 1. The Bertz CT molecular complexity index is 762. The summed E-state index contributed by atoms with van der Waals surface area (Å²) in [6.45, 7) is 3.51. The minimum Gasteiger partial charge on any atom is -0.477 e. The highest BCUT2D eigenvalue weighted by atomic mass is 79.9. The second-order valence-electron chi connectivity index (χ2n) is 5.28. The lowest BCUT2D eigenvalue weighted by atomic mass is 9.97. The molecule has 3 nitrogen and oxygen atoms in total. The van der Waals surface area contributed by atoms with Crippen molar-refractivity contribution >= 4 is 38.6 Å². The lowest BCUT2D eigenvalue weighted by Crippen LogP contribution is -2.34. The van der Waals surface area contributed by atoms with E-state index in [0.717, 1.165) is 26.4 Å². The molecule has 108 valence electrons. The molecule has 1 aliphatic heterocycles. The molecular weight excluding hydrogens is 332 g/mol. The van der Waals surface area contributed by atoms with Crippen LogP contribution in [0.15, 0.2) is 34.8 Å². The van der Waals surface area contributed by atoms with Crippen molar-refractivity contribution in [2.45, 2.75) is 26.1 Å². The predicted molar refractivity (Wildman–Crippen MR) is 86.5 cm³/mol. The molecule has 0 saturated heterocycles. The van der Waals surface area contributed by atoms with Gasteiger partial charge in [-0.2, -0.15) is 0 Å². The van der Waals surface area contributed by atoms with Crippen molar-refractivity contribution in [3.8, 4) is 5.75 Å². The van der Waals surface area contributed by atoms with Crippen LogP contribution in [0.5, 0.6) is 5.75 Å². The molecule has 21 heavy (non-hydrogen) atoms. The van der Waals surface area contributed by atoms with Gasteiger partial charge in [0.25, 0.3) is 0 Å². The third-order valence-corrected chi connectivity index (χ3v) is 4.17. The zero-order chi connectivity index (χ0) is 15.1. The Hall–Kier alpha value is -1.65. The number of carbonyl (C=O) groups is 1. The molecule has 2 aromatic carbocycles. The monoisotopic (exact) mass is 346 g/mol. The molecule has 0 aromatic heterocycles. The van der Waals surface area contributed by atoms with Crippen LogP contribution in [-0.4, -0.2) is 23.1 Å². The summed E-state index contributed by atoms with van der Waals surface area (Å²) < 4.78 is 6.85. The first-order valence-corrected chi connectivity index (χ1v) is 7.56. The molecule has 2 atom stereocenters. The van der Waals surface area contributed by atoms with Crippen LogP contribution >= 0.6 is 15.9 Å². The first-order valence-electron chi connectivity index (χ1n) is 6.77. The highest BCUT2D eigenvalue weighted by Crippen LogP contribution is 2.37. The quantitative estimate of drug-likeness (QED) is 0.902. The molecule has 0 fully saturated rings. The average Bonchev–Trinajstić information content (AvgIpc) is 2.46. The zero-order valence-electron chi connectivity index (χ0n) is 11.8. The number of halogens is 1. The lowest BCUT2D eigenvalue weighted by Gasteiger charge is -2.23. The Balaban J connectivity index is 2.15. The van der Waals surface area contributed by atoms with Crippen molar-refractivity contribution in [3.05, 3.63) is 45.9 Å². The fraction of sp³-hybridized carbons (Fsp3) is 0.235. The van der Waals surface area contributed by atoms with E-state index in [1.807, 2.05) is 30.3 Å². The maximum absolute atomic E-state index is 11.9. The standard InChI is InChI=1S/C17H15BrO3/c1-9-7-11-3-6-15(16(20)10(2)19)21-17(11)13-5-4-12(18)8-14(9)13/h3-8,10,15,19H,1-2H3. The third-order valence-electron chi connectivity index (χ3n) is 3.67. The maximum Gasteiger partial charge on any atom is 0.205 e. The van der Waals surface area contributed by atoms with E-state index in [2.05, 4.69) is 22.9 Å². The van der Waals surface area contributed by atoms with E-state index in [0.29, 0.717) is 5.75 Å². The van der Waals surface area contributed by atoms with Crippen LogP contribution in [-0.2, 0) is 4.79 Å². The molecule has 0 aliphatic carbocycles. The van der Waals surface area contributed by atoms with E-state index in [4.69, 9.17) is 4.74 Å². The highest BCUT2D eigenvalue weighted by Gasteiger charge is 2.26. The summed E-state index contributed by atoms with van der Waals surface area (Å²) in [5.74, 6) is 0.368. The fourth-order valence-electron chi connectivity index (χ4n) is 2.58. The van der Waals surface area contributed by atoms with Gasteiger partial charge in [0.2, 0.25) is 5.78 Å². The van der Waals surface area contributed by atoms with E-state index in [9.17, 15) is 9.90 Å². The van der Waals surface area contributed by atoms with Gasteiger partial charge < -0.3 is 9.84 Å². The number of ketones is 1. The van der Waals surface area contributed by atoms with E-state index in [1.165, 1.54) is 6.92 Å². The van der Waals surface area contributed by atoms with Crippen LogP contribution in [0.4, 0.5) is 0 Å². The minimum atomic E-state index is -1.04. The maximum atomic E-state index is 11.9. The first kappa shape index (κ1) is 14.3. The molecule has 0 bridgehead atoms.